The van der Waals surface area contributed by atoms with Gasteiger partial charge >= 0.3 is 0 Å². The van der Waals surface area contributed by atoms with E-state index in [-0.39, 0.29) is 23.3 Å². The molecule has 82 valence electrons. The van der Waals surface area contributed by atoms with E-state index in [1.165, 1.54) is 0 Å². The van der Waals surface area contributed by atoms with Crippen molar-refractivity contribution >= 4 is 9.84 Å². The molecular formula is C10H13NO3S. The first-order chi connectivity index (χ1) is 7.07. The molecule has 1 atom stereocenters. The van der Waals surface area contributed by atoms with Gasteiger partial charge in [0.05, 0.1) is 11.5 Å². The van der Waals surface area contributed by atoms with Gasteiger partial charge in [-0.2, -0.15) is 0 Å². The summed E-state index contributed by atoms with van der Waals surface area (Å²) in [5, 5.41) is 12.4. The monoisotopic (exact) mass is 227 g/mol. The number of aromatic hydroxyl groups is 1. The first-order valence-electron chi connectivity index (χ1n) is 4.79. The number of sulfone groups is 1. The van der Waals surface area contributed by atoms with Gasteiger partial charge in [-0.3, -0.25) is 0 Å². The lowest BCUT2D eigenvalue weighted by atomic mass is 10.1. The Bertz CT molecular complexity index is 455. The molecule has 1 aliphatic heterocycles. The maximum Gasteiger partial charge on any atom is 0.153 e. The van der Waals surface area contributed by atoms with E-state index in [0.29, 0.717) is 6.54 Å². The molecule has 0 aliphatic carbocycles. The molecule has 0 saturated carbocycles. The van der Waals surface area contributed by atoms with Crippen LogP contribution in [-0.4, -0.2) is 31.6 Å². The number of hydrogen-bond donors (Lipinski definition) is 2. The van der Waals surface area contributed by atoms with Crippen LogP contribution in [0.2, 0.25) is 0 Å². The number of phenolic OH excluding ortho intramolecular Hbond substituents is 1. The zero-order chi connectivity index (χ0) is 10.9. The van der Waals surface area contributed by atoms with Gasteiger partial charge in [0.2, 0.25) is 0 Å². The minimum atomic E-state index is -2.94. The van der Waals surface area contributed by atoms with Crippen molar-refractivity contribution in [2.45, 2.75) is 6.04 Å². The Labute approximate surface area is 88.9 Å². The van der Waals surface area contributed by atoms with Crippen molar-refractivity contribution < 1.29 is 13.5 Å². The number of benzene rings is 1. The maximum absolute atomic E-state index is 11.4. The van der Waals surface area contributed by atoms with Crippen molar-refractivity contribution in [1.29, 1.82) is 0 Å². The van der Waals surface area contributed by atoms with Crippen LogP contribution in [0, 0.1) is 0 Å². The van der Waals surface area contributed by atoms with Crippen molar-refractivity contribution in [3.05, 3.63) is 29.8 Å². The topological polar surface area (TPSA) is 66.4 Å². The zero-order valence-corrected chi connectivity index (χ0v) is 9.00. The molecule has 1 unspecified atom stereocenters. The average molecular weight is 227 g/mol. The summed E-state index contributed by atoms with van der Waals surface area (Å²) < 4.78 is 22.8. The summed E-state index contributed by atoms with van der Waals surface area (Å²) in [5.74, 6) is 0.468. The Morgan fingerprint density at radius 2 is 2.20 bits per heavy atom. The predicted octanol–water partition coefficient (Wildman–Crippen LogP) is 0.451. The minimum Gasteiger partial charge on any atom is -0.508 e. The Morgan fingerprint density at radius 3 is 2.87 bits per heavy atom. The third-order valence-electron chi connectivity index (χ3n) is 2.50. The van der Waals surface area contributed by atoms with E-state index >= 15 is 0 Å². The quantitative estimate of drug-likeness (QED) is 0.731. The molecule has 15 heavy (non-hydrogen) atoms. The van der Waals surface area contributed by atoms with Crippen LogP contribution in [0.25, 0.3) is 0 Å². The molecule has 2 N–H and O–H groups in total. The highest BCUT2D eigenvalue weighted by molar-refractivity contribution is 7.91. The summed E-state index contributed by atoms with van der Waals surface area (Å²) in [6.45, 7) is 0.475. The fraction of sp³-hybridized carbons (Fsp3) is 0.400. The highest BCUT2D eigenvalue weighted by Crippen LogP contribution is 2.21. The Hall–Kier alpha value is -1.07. The van der Waals surface area contributed by atoms with Gasteiger partial charge < -0.3 is 10.4 Å². The largest absolute Gasteiger partial charge is 0.508 e. The summed E-state index contributed by atoms with van der Waals surface area (Å²) in [6, 6.07) is 6.50. The Kier molecular flexibility index (Phi) is 2.67. The summed E-state index contributed by atoms with van der Waals surface area (Å²) in [5.41, 5.74) is 0.818. The highest BCUT2D eigenvalue weighted by Gasteiger charge is 2.25. The fourth-order valence-corrected chi connectivity index (χ4v) is 3.15. The molecule has 1 saturated heterocycles. The molecule has 0 aromatic heterocycles. The highest BCUT2D eigenvalue weighted by atomic mass is 32.2. The SMILES string of the molecule is O=S1(=O)CCNC(c2cccc(O)c2)C1. The van der Waals surface area contributed by atoms with Crippen LogP contribution >= 0.6 is 0 Å². The second kappa shape index (κ2) is 3.83. The molecule has 0 bridgehead atoms. The van der Waals surface area contributed by atoms with Gasteiger partial charge in [0.25, 0.3) is 0 Å². The van der Waals surface area contributed by atoms with Crippen molar-refractivity contribution in [2.75, 3.05) is 18.1 Å². The van der Waals surface area contributed by atoms with Gasteiger partial charge in [0.15, 0.2) is 9.84 Å². The van der Waals surface area contributed by atoms with Crippen molar-refractivity contribution in [2.24, 2.45) is 0 Å². The molecule has 0 spiro atoms. The molecule has 5 heteroatoms. The van der Waals surface area contributed by atoms with Crippen LogP contribution in [0.3, 0.4) is 0 Å². The van der Waals surface area contributed by atoms with E-state index in [4.69, 9.17) is 0 Å². The van der Waals surface area contributed by atoms with Gasteiger partial charge in [-0.05, 0) is 17.7 Å². The molecular weight excluding hydrogens is 214 g/mol. The molecule has 1 heterocycles. The lowest BCUT2D eigenvalue weighted by Crippen LogP contribution is -2.39. The second-order valence-electron chi connectivity index (χ2n) is 3.72. The van der Waals surface area contributed by atoms with Crippen molar-refractivity contribution in [3.63, 3.8) is 0 Å². The average Bonchev–Trinajstić information content (AvgIpc) is 2.16. The van der Waals surface area contributed by atoms with E-state index in [0.717, 1.165) is 5.56 Å². The van der Waals surface area contributed by atoms with Crippen molar-refractivity contribution in [3.8, 4) is 5.75 Å². The van der Waals surface area contributed by atoms with Crippen LogP contribution in [0.1, 0.15) is 11.6 Å². The lowest BCUT2D eigenvalue weighted by molar-refractivity contribution is 0.471. The second-order valence-corrected chi connectivity index (χ2v) is 5.94. The van der Waals surface area contributed by atoms with E-state index in [2.05, 4.69) is 5.32 Å². The Balaban J connectivity index is 2.24. The summed E-state index contributed by atoms with van der Waals surface area (Å²) in [6.07, 6.45) is 0. The van der Waals surface area contributed by atoms with Gasteiger partial charge in [-0.15, -0.1) is 0 Å². The zero-order valence-electron chi connectivity index (χ0n) is 8.18. The molecule has 1 aromatic rings. The van der Waals surface area contributed by atoms with Crippen LogP contribution in [-0.2, 0) is 9.84 Å². The number of hydrogen-bond acceptors (Lipinski definition) is 4. The van der Waals surface area contributed by atoms with Crippen LogP contribution in [0.15, 0.2) is 24.3 Å². The minimum absolute atomic E-state index is 0.108. The van der Waals surface area contributed by atoms with Gasteiger partial charge in [-0.1, -0.05) is 12.1 Å². The normalized spacial score (nSPS) is 24.9. The van der Waals surface area contributed by atoms with E-state index in [1.54, 1.807) is 18.2 Å². The summed E-state index contributed by atoms with van der Waals surface area (Å²) in [7, 11) is -2.94. The number of rotatable bonds is 1. The summed E-state index contributed by atoms with van der Waals surface area (Å²) >= 11 is 0. The van der Waals surface area contributed by atoms with Crippen LogP contribution in [0.5, 0.6) is 5.75 Å². The number of nitrogens with one attached hydrogen (secondary N) is 1. The first-order valence-corrected chi connectivity index (χ1v) is 6.62. The predicted molar refractivity (Wildman–Crippen MR) is 57.5 cm³/mol. The molecule has 2 rings (SSSR count). The van der Waals surface area contributed by atoms with Crippen LogP contribution in [0.4, 0.5) is 0 Å². The first kappa shape index (κ1) is 10.4. The lowest BCUT2D eigenvalue weighted by Gasteiger charge is -2.23. The molecule has 4 nitrogen and oxygen atoms in total. The van der Waals surface area contributed by atoms with Crippen molar-refractivity contribution in [1.82, 2.24) is 5.32 Å². The Morgan fingerprint density at radius 1 is 1.40 bits per heavy atom. The van der Waals surface area contributed by atoms with Gasteiger partial charge in [0.1, 0.15) is 5.75 Å². The third kappa shape index (κ3) is 2.49. The fourth-order valence-electron chi connectivity index (χ4n) is 1.74. The third-order valence-corrected chi connectivity index (χ3v) is 4.16. The van der Waals surface area contributed by atoms with E-state index < -0.39 is 9.84 Å². The molecule has 1 aliphatic rings. The molecule has 0 amide bonds. The molecule has 1 aromatic carbocycles. The van der Waals surface area contributed by atoms with Gasteiger partial charge in [0, 0.05) is 12.6 Å². The van der Waals surface area contributed by atoms with E-state index in [1.807, 2.05) is 6.07 Å². The smallest absolute Gasteiger partial charge is 0.153 e. The molecule has 0 radical (unpaired) electrons. The van der Waals surface area contributed by atoms with Crippen LogP contribution < -0.4 is 5.32 Å². The summed E-state index contributed by atoms with van der Waals surface area (Å²) in [4.78, 5) is 0. The molecule has 1 fully saturated rings. The standard InChI is InChI=1S/C10H13NO3S/c12-9-3-1-2-8(6-9)10-7-15(13,14)5-4-11-10/h1-3,6,10-12H,4-5,7H2. The maximum atomic E-state index is 11.4. The van der Waals surface area contributed by atoms with Gasteiger partial charge in [-0.25, -0.2) is 8.42 Å². The number of phenols is 1. The van der Waals surface area contributed by atoms with E-state index in [9.17, 15) is 13.5 Å².